The normalized spacial score (nSPS) is 24.8. The van der Waals surface area contributed by atoms with Crippen molar-refractivity contribution in [3.05, 3.63) is 42.5 Å². The van der Waals surface area contributed by atoms with Gasteiger partial charge in [-0.2, -0.15) is 0 Å². The fourth-order valence-corrected chi connectivity index (χ4v) is 2.09. The van der Waals surface area contributed by atoms with Gasteiger partial charge in [-0.25, -0.2) is 0 Å². The van der Waals surface area contributed by atoms with E-state index in [0.717, 1.165) is 0 Å². The standard InChI is InChI=1S/C15H18O4/c16-12(10-19-14-4-2-1-3-5-14)7-6-11-8-13(17)9-15(11)18/h1-7,11-12,15-16,18H,8-10H2/b7-6+/t11-,12?,15+/m1/s1. The van der Waals surface area contributed by atoms with Crippen molar-refractivity contribution in [3.63, 3.8) is 0 Å². The van der Waals surface area contributed by atoms with Gasteiger partial charge >= 0.3 is 0 Å². The second-order valence-electron chi connectivity index (χ2n) is 4.75. The van der Waals surface area contributed by atoms with Crippen LogP contribution >= 0.6 is 0 Å². The van der Waals surface area contributed by atoms with Crippen molar-refractivity contribution >= 4 is 5.78 Å². The van der Waals surface area contributed by atoms with Crippen LogP contribution in [0, 0.1) is 5.92 Å². The smallest absolute Gasteiger partial charge is 0.136 e. The van der Waals surface area contributed by atoms with E-state index in [4.69, 9.17) is 4.74 Å². The molecule has 1 fully saturated rings. The van der Waals surface area contributed by atoms with Crippen LogP contribution in [0.15, 0.2) is 42.5 Å². The molecule has 4 nitrogen and oxygen atoms in total. The van der Waals surface area contributed by atoms with Crippen LogP contribution in [0.1, 0.15) is 12.8 Å². The minimum atomic E-state index is -0.747. The molecule has 0 amide bonds. The molecule has 1 aromatic carbocycles. The Balaban J connectivity index is 1.78. The lowest BCUT2D eigenvalue weighted by Crippen LogP contribution is -2.16. The van der Waals surface area contributed by atoms with Crippen molar-refractivity contribution in [1.82, 2.24) is 0 Å². The minimum Gasteiger partial charge on any atom is -0.491 e. The first-order valence-corrected chi connectivity index (χ1v) is 6.39. The van der Waals surface area contributed by atoms with Gasteiger partial charge < -0.3 is 14.9 Å². The lowest BCUT2D eigenvalue weighted by molar-refractivity contribution is -0.117. The number of aliphatic hydroxyl groups is 2. The van der Waals surface area contributed by atoms with Gasteiger partial charge in [0.25, 0.3) is 0 Å². The SMILES string of the molecule is O=C1C[C@@H](/C=C/C(O)COc2ccccc2)[C@@H](O)C1. The summed E-state index contributed by atoms with van der Waals surface area (Å²) in [5.41, 5.74) is 0. The summed E-state index contributed by atoms with van der Waals surface area (Å²) < 4.78 is 5.40. The number of ketones is 1. The van der Waals surface area contributed by atoms with Crippen LogP contribution in [0.5, 0.6) is 5.75 Å². The Hall–Kier alpha value is -1.65. The molecule has 0 aromatic heterocycles. The lowest BCUT2D eigenvalue weighted by atomic mass is 10.0. The summed E-state index contributed by atoms with van der Waals surface area (Å²) >= 11 is 0. The molecule has 1 aliphatic rings. The molecule has 1 aromatic rings. The van der Waals surface area contributed by atoms with Crippen molar-refractivity contribution in [3.8, 4) is 5.75 Å². The summed E-state index contributed by atoms with van der Waals surface area (Å²) in [4.78, 5) is 11.1. The van der Waals surface area contributed by atoms with Crippen LogP contribution in [0.2, 0.25) is 0 Å². The average molecular weight is 262 g/mol. The zero-order valence-electron chi connectivity index (χ0n) is 10.6. The lowest BCUT2D eigenvalue weighted by Gasteiger charge is -2.11. The van der Waals surface area contributed by atoms with E-state index in [9.17, 15) is 15.0 Å². The highest BCUT2D eigenvalue weighted by atomic mass is 16.5. The predicted octanol–water partition coefficient (Wildman–Crippen LogP) is 1.32. The summed E-state index contributed by atoms with van der Waals surface area (Å²) in [5, 5.41) is 19.3. The second-order valence-corrected chi connectivity index (χ2v) is 4.75. The van der Waals surface area contributed by atoms with Gasteiger partial charge in [0, 0.05) is 18.8 Å². The number of aliphatic hydroxyl groups excluding tert-OH is 2. The van der Waals surface area contributed by atoms with Gasteiger partial charge in [-0.1, -0.05) is 30.4 Å². The van der Waals surface area contributed by atoms with Gasteiger partial charge in [0.05, 0.1) is 6.10 Å². The van der Waals surface area contributed by atoms with Crippen molar-refractivity contribution < 1.29 is 19.7 Å². The Kier molecular flexibility index (Phi) is 4.71. The van der Waals surface area contributed by atoms with Crippen LogP contribution in [-0.2, 0) is 4.79 Å². The molecule has 4 heteroatoms. The second kappa shape index (κ2) is 6.50. The number of rotatable bonds is 5. The van der Waals surface area contributed by atoms with Gasteiger partial charge in [-0.15, -0.1) is 0 Å². The van der Waals surface area contributed by atoms with E-state index in [0.29, 0.717) is 12.2 Å². The molecular weight excluding hydrogens is 244 g/mol. The van der Waals surface area contributed by atoms with Crippen molar-refractivity contribution in [1.29, 1.82) is 0 Å². The maximum Gasteiger partial charge on any atom is 0.136 e. The zero-order chi connectivity index (χ0) is 13.7. The van der Waals surface area contributed by atoms with Crippen LogP contribution in [0.25, 0.3) is 0 Å². The predicted molar refractivity (Wildman–Crippen MR) is 70.8 cm³/mol. The largest absolute Gasteiger partial charge is 0.491 e. The number of carbonyl (C=O) groups excluding carboxylic acids is 1. The minimum absolute atomic E-state index is 0.0668. The molecule has 0 aliphatic heterocycles. The Morgan fingerprint density at radius 2 is 2.05 bits per heavy atom. The van der Waals surface area contributed by atoms with E-state index in [1.165, 1.54) is 0 Å². The molecular formula is C15H18O4. The third-order valence-corrected chi connectivity index (χ3v) is 3.14. The van der Waals surface area contributed by atoms with Crippen LogP contribution in [0.4, 0.5) is 0 Å². The van der Waals surface area contributed by atoms with Gasteiger partial charge in [0.1, 0.15) is 24.2 Å². The number of ether oxygens (including phenoxy) is 1. The van der Waals surface area contributed by atoms with Crippen molar-refractivity contribution in [2.75, 3.05) is 6.61 Å². The molecule has 0 saturated heterocycles. The van der Waals surface area contributed by atoms with Crippen LogP contribution in [0.3, 0.4) is 0 Å². The van der Waals surface area contributed by atoms with Gasteiger partial charge in [-0.05, 0) is 12.1 Å². The maximum atomic E-state index is 11.1. The molecule has 0 bridgehead atoms. The molecule has 1 aliphatic carbocycles. The summed E-state index contributed by atoms with van der Waals surface area (Å²) in [5.74, 6) is 0.585. The summed E-state index contributed by atoms with van der Waals surface area (Å²) in [6.07, 6.45) is 2.48. The number of benzene rings is 1. The summed E-state index contributed by atoms with van der Waals surface area (Å²) in [6, 6.07) is 9.24. The number of Topliss-reactive ketones (excluding diaryl/α,β-unsaturated/α-hetero) is 1. The quantitative estimate of drug-likeness (QED) is 0.785. The molecule has 19 heavy (non-hydrogen) atoms. The van der Waals surface area contributed by atoms with Crippen LogP contribution in [-0.4, -0.2) is 34.8 Å². The molecule has 0 heterocycles. The molecule has 1 saturated carbocycles. The Morgan fingerprint density at radius 1 is 1.32 bits per heavy atom. The van der Waals surface area contributed by atoms with E-state index in [1.807, 2.05) is 30.3 Å². The summed E-state index contributed by atoms with van der Waals surface area (Å²) in [7, 11) is 0. The van der Waals surface area contributed by atoms with Gasteiger partial charge in [0.15, 0.2) is 0 Å². The van der Waals surface area contributed by atoms with Gasteiger partial charge in [-0.3, -0.25) is 4.79 Å². The number of carbonyl (C=O) groups is 1. The average Bonchev–Trinajstić information content (AvgIpc) is 2.73. The number of para-hydroxylation sites is 1. The molecule has 2 N–H and O–H groups in total. The fraction of sp³-hybridized carbons (Fsp3) is 0.400. The highest BCUT2D eigenvalue weighted by Crippen LogP contribution is 2.23. The molecule has 1 unspecified atom stereocenters. The van der Waals surface area contributed by atoms with Crippen LogP contribution < -0.4 is 4.74 Å². The number of hydrogen-bond donors (Lipinski definition) is 2. The third-order valence-electron chi connectivity index (χ3n) is 3.14. The van der Waals surface area contributed by atoms with Crippen molar-refractivity contribution in [2.24, 2.45) is 5.92 Å². The van der Waals surface area contributed by atoms with Gasteiger partial charge in [0.2, 0.25) is 0 Å². The highest BCUT2D eigenvalue weighted by Gasteiger charge is 2.29. The Labute approximate surface area is 112 Å². The molecule has 2 rings (SSSR count). The van der Waals surface area contributed by atoms with E-state index in [2.05, 4.69) is 0 Å². The maximum absolute atomic E-state index is 11.1. The van der Waals surface area contributed by atoms with E-state index in [-0.39, 0.29) is 24.7 Å². The fourth-order valence-electron chi connectivity index (χ4n) is 2.09. The molecule has 3 atom stereocenters. The van der Waals surface area contributed by atoms with E-state index in [1.54, 1.807) is 12.2 Å². The first-order valence-electron chi connectivity index (χ1n) is 6.39. The Bertz CT molecular complexity index is 441. The highest BCUT2D eigenvalue weighted by molar-refractivity contribution is 5.81. The topological polar surface area (TPSA) is 66.8 Å². The molecule has 102 valence electrons. The third kappa shape index (κ3) is 4.19. The zero-order valence-corrected chi connectivity index (χ0v) is 10.6. The molecule has 0 spiro atoms. The first kappa shape index (κ1) is 13.8. The monoisotopic (exact) mass is 262 g/mol. The van der Waals surface area contributed by atoms with Crippen molar-refractivity contribution in [2.45, 2.75) is 25.0 Å². The molecule has 0 radical (unpaired) electrons. The summed E-state index contributed by atoms with van der Waals surface area (Å²) in [6.45, 7) is 0.150. The van der Waals surface area contributed by atoms with E-state index < -0.39 is 12.2 Å². The van der Waals surface area contributed by atoms with E-state index >= 15 is 0 Å². The number of hydrogen-bond acceptors (Lipinski definition) is 4. The Morgan fingerprint density at radius 3 is 2.68 bits per heavy atom. The first-order chi connectivity index (χ1) is 9.15.